The molecule has 0 aliphatic carbocycles. The Balaban J connectivity index is 1.58. The lowest BCUT2D eigenvalue weighted by molar-refractivity contribution is 0.122. The normalized spacial score (nSPS) is 13.7. The molecule has 0 N–H and O–H groups in total. The fraction of sp³-hybridized carbons (Fsp3) is 0.238. The molecular weight excluding hydrogens is 386 g/mol. The van der Waals surface area contributed by atoms with Gasteiger partial charge in [-0.1, -0.05) is 42.1 Å². The molecule has 1 aliphatic rings. The SMILES string of the molecule is N#Cc1ccc(Sc2cnc(N3CCOCC3)nc2OCc2ccccc2)cn1. The van der Waals surface area contributed by atoms with Crippen LogP contribution in [0.1, 0.15) is 11.3 Å². The summed E-state index contributed by atoms with van der Waals surface area (Å²) in [6, 6.07) is 15.5. The molecule has 3 heterocycles. The monoisotopic (exact) mass is 405 g/mol. The number of nitriles is 1. The third-order valence-corrected chi connectivity index (χ3v) is 5.28. The average Bonchev–Trinajstić information content (AvgIpc) is 2.80. The second-order valence-corrected chi connectivity index (χ2v) is 7.42. The van der Waals surface area contributed by atoms with E-state index in [1.165, 1.54) is 11.8 Å². The Bertz CT molecular complexity index is 986. The van der Waals surface area contributed by atoms with Crippen LogP contribution < -0.4 is 9.64 Å². The van der Waals surface area contributed by atoms with E-state index in [1.807, 2.05) is 42.5 Å². The molecule has 146 valence electrons. The highest BCUT2D eigenvalue weighted by atomic mass is 32.2. The molecular formula is C21H19N5O2S. The number of ether oxygens (including phenoxy) is 2. The first kappa shape index (κ1) is 19.2. The van der Waals surface area contributed by atoms with Gasteiger partial charge in [0.1, 0.15) is 18.4 Å². The van der Waals surface area contributed by atoms with Crippen LogP contribution in [0.25, 0.3) is 0 Å². The second kappa shape index (κ2) is 9.37. The Morgan fingerprint density at radius 2 is 1.90 bits per heavy atom. The second-order valence-electron chi connectivity index (χ2n) is 6.31. The number of pyridine rings is 1. The van der Waals surface area contributed by atoms with Gasteiger partial charge in [-0.3, -0.25) is 0 Å². The molecule has 0 unspecified atom stereocenters. The van der Waals surface area contributed by atoms with Gasteiger partial charge in [0.25, 0.3) is 0 Å². The quantitative estimate of drug-likeness (QED) is 0.618. The molecule has 1 saturated heterocycles. The number of morpholine rings is 1. The van der Waals surface area contributed by atoms with Gasteiger partial charge in [-0.2, -0.15) is 10.2 Å². The Labute approximate surface area is 173 Å². The minimum Gasteiger partial charge on any atom is -0.472 e. The van der Waals surface area contributed by atoms with E-state index < -0.39 is 0 Å². The minimum atomic E-state index is 0.383. The zero-order valence-electron chi connectivity index (χ0n) is 15.7. The minimum absolute atomic E-state index is 0.383. The summed E-state index contributed by atoms with van der Waals surface area (Å²) in [7, 11) is 0. The standard InChI is InChI=1S/C21H19N5O2S/c22-12-17-6-7-18(13-23-17)29-19-14-24-21(26-8-10-27-11-9-26)25-20(19)28-15-16-4-2-1-3-5-16/h1-7,13-14H,8-11,15H2. The summed E-state index contributed by atoms with van der Waals surface area (Å²) < 4.78 is 11.5. The third-order valence-electron chi connectivity index (χ3n) is 4.30. The lowest BCUT2D eigenvalue weighted by Gasteiger charge is -2.27. The van der Waals surface area contributed by atoms with Crippen molar-refractivity contribution in [3.8, 4) is 11.9 Å². The Morgan fingerprint density at radius 1 is 1.07 bits per heavy atom. The van der Waals surface area contributed by atoms with Crippen LogP contribution in [-0.2, 0) is 11.3 Å². The zero-order chi connectivity index (χ0) is 19.9. The van der Waals surface area contributed by atoms with Crippen molar-refractivity contribution in [2.24, 2.45) is 0 Å². The maximum absolute atomic E-state index is 8.92. The highest BCUT2D eigenvalue weighted by Crippen LogP contribution is 2.34. The fourth-order valence-electron chi connectivity index (χ4n) is 2.80. The van der Waals surface area contributed by atoms with E-state index in [9.17, 15) is 0 Å². The van der Waals surface area contributed by atoms with Crippen LogP contribution in [0.3, 0.4) is 0 Å². The molecule has 4 rings (SSSR count). The third kappa shape index (κ3) is 5.02. The summed E-state index contributed by atoms with van der Waals surface area (Å²) in [4.78, 5) is 17.1. The molecule has 29 heavy (non-hydrogen) atoms. The summed E-state index contributed by atoms with van der Waals surface area (Å²) in [5.74, 6) is 1.17. The van der Waals surface area contributed by atoms with Gasteiger partial charge < -0.3 is 14.4 Å². The van der Waals surface area contributed by atoms with Crippen LogP contribution in [0.5, 0.6) is 5.88 Å². The molecule has 0 saturated carbocycles. The van der Waals surface area contributed by atoms with Crippen molar-refractivity contribution < 1.29 is 9.47 Å². The fourth-order valence-corrected chi connectivity index (χ4v) is 3.59. The molecule has 0 bridgehead atoms. The van der Waals surface area contributed by atoms with Crippen LogP contribution in [0, 0.1) is 11.3 Å². The highest BCUT2D eigenvalue weighted by Gasteiger charge is 2.17. The number of benzene rings is 1. The zero-order valence-corrected chi connectivity index (χ0v) is 16.5. The van der Waals surface area contributed by atoms with E-state index in [1.54, 1.807) is 18.5 Å². The molecule has 8 heteroatoms. The van der Waals surface area contributed by atoms with Crippen molar-refractivity contribution in [3.63, 3.8) is 0 Å². The van der Waals surface area contributed by atoms with E-state index in [4.69, 9.17) is 14.7 Å². The summed E-state index contributed by atoms with van der Waals surface area (Å²) in [5.41, 5.74) is 1.45. The van der Waals surface area contributed by atoms with Gasteiger partial charge in [-0.25, -0.2) is 9.97 Å². The maximum Gasteiger partial charge on any atom is 0.232 e. The van der Waals surface area contributed by atoms with Crippen molar-refractivity contribution in [3.05, 3.63) is 66.1 Å². The van der Waals surface area contributed by atoms with E-state index in [2.05, 4.69) is 19.9 Å². The lowest BCUT2D eigenvalue weighted by atomic mass is 10.2. The lowest BCUT2D eigenvalue weighted by Crippen LogP contribution is -2.37. The topological polar surface area (TPSA) is 84.2 Å². The smallest absolute Gasteiger partial charge is 0.232 e. The Hall–Kier alpha value is -3.15. The molecule has 2 aromatic heterocycles. The van der Waals surface area contributed by atoms with E-state index >= 15 is 0 Å². The molecule has 1 fully saturated rings. The van der Waals surface area contributed by atoms with Gasteiger partial charge >= 0.3 is 0 Å². The van der Waals surface area contributed by atoms with Crippen LogP contribution >= 0.6 is 11.8 Å². The van der Waals surface area contributed by atoms with E-state index in [-0.39, 0.29) is 0 Å². The van der Waals surface area contributed by atoms with Gasteiger partial charge in [0.2, 0.25) is 11.8 Å². The first-order chi connectivity index (χ1) is 14.3. The molecule has 3 aromatic rings. The van der Waals surface area contributed by atoms with Crippen LogP contribution in [0.4, 0.5) is 5.95 Å². The van der Waals surface area contributed by atoms with E-state index in [0.29, 0.717) is 37.3 Å². The first-order valence-electron chi connectivity index (χ1n) is 9.22. The summed E-state index contributed by atoms with van der Waals surface area (Å²) >= 11 is 1.46. The number of aromatic nitrogens is 3. The number of hydrogen-bond donors (Lipinski definition) is 0. The van der Waals surface area contributed by atoms with Crippen molar-refractivity contribution >= 4 is 17.7 Å². The molecule has 7 nitrogen and oxygen atoms in total. The molecule has 0 amide bonds. The van der Waals surface area contributed by atoms with Crippen LogP contribution in [-0.4, -0.2) is 41.3 Å². The average molecular weight is 405 g/mol. The number of hydrogen-bond acceptors (Lipinski definition) is 8. The van der Waals surface area contributed by atoms with E-state index in [0.717, 1.165) is 28.4 Å². The molecule has 1 aliphatic heterocycles. The number of rotatable bonds is 6. The predicted molar refractivity (Wildman–Crippen MR) is 109 cm³/mol. The molecule has 0 atom stereocenters. The first-order valence-corrected chi connectivity index (χ1v) is 10.0. The van der Waals surface area contributed by atoms with Gasteiger partial charge in [-0.15, -0.1) is 0 Å². The highest BCUT2D eigenvalue weighted by molar-refractivity contribution is 7.99. The molecule has 1 aromatic carbocycles. The number of nitrogens with zero attached hydrogens (tertiary/aromatic N) is 5. The maximum atomic E-state index is 8.92. The summed E-state index contributed by atoms with van der Waals surface area (Å²) in [6.07, 6.45) is 3.45. The summed E-state index contributed by atoms with van der Waals surface area (Å²) in [5, 5.41) is 8.92. The van der Waals surface area contributed by atoms with Gasteiger partial charge in [-0.05, 0) is 17.7 Å². The van der Waals surface area contributed by atoms with Crippen molar-refractivity contribution in [2.75, 3.05) is 31.2 Å². The van der Waals surface area contributed by atoms with Gasteiger partial charge in [0.15, 0.2) is 0 Å². The van der Waals surface area contributed by atoms with Gasteiger partial charge in [0, 0.05) is 24.2 Å². The van der Waals surface area contributed by atoms with Gasteiger partial charge in [0.05, 0.1) is 24.3 Å². The Morgan fingerprint density at radius 3 is 2.62 bits per heavy atom. The van der Waals surface area contributed by atoms with Crippen molar-refractivity contribution in [1.82, 2.24) is 15.0 Å². The summed E-state index contributed by atoms with van der Waals surface area (Å²) in [6.45, 7) is 3.25. The van der Waals surface area contributed by atoms with Crippen molar-refractivity contribution in [2.45, 2.75) is 16.4 Å². The number of anilines is 1. The van der Waals surface area contributed by atoms with Crippen LogP contribution in [0.2, 0.25) is 0 Å². The molecule has 0 spiro atoms. The largest absolute Gasteiger partial charge is 0.472 e. The Kier molecular flexibility index (Phi) is 6.19. The predicted octanol–water partition coefficient (Wildman–Crippen LogP) is 3.31. The van der Waals surface area contributed by atoms with Crippen molar-refractivity contribution in [1.29, 1.82) is 5.26 Å². The van der Waals surface area contributed by atoms with Crippen LogP contribution in [0.15, 0.2) is 64.6 Å². The molecule has 0 radical (unpaired) electrons.